The molecular formula is C29H32Cl2N2O2. The first-order valence-corrected chi connectivity index (χ1v) is 12.8. The van der Waals surface area contributed by atoms with Crippen molar-refractivity contribution >= 4 is 34.6 Å². The van der Waals surface area contributed by atoms with Crippen molar-refractivity contribution in [2.24, 2.45) is 0 Å². The van der Waals surface area contributed by atoms with Gasteiger partial charge in [-0.15, -0.1) is 0 Å². The zero-order chi connectivity index (χ0) is 25.5. The summed E-state index contributed by atoms with van der Waals surface area (Å²) in [5, 5.41) is 12.7. The van der Waals surface area contributed by atoms with Crippen LogP contribution in [0.4, 0.5) is 11.4 Å². The molecule has 0 atom stereocenters. The Kier molecular flexibility index (Phi) is 6.91. The first-order valence-electron chi connectivity index (χ1n) is 12.1. The van der Waals surface area contributed by atoms with Crippen molar-refractivity contribution < 1.29 is 4.92 Å². The topological polar surface area (TPSA) is 46.4 Å². The number of benzene rings is 2. The number of halogens is 2. The number of hydrogen-bond donors (Lipinski definition) is 0. The summed E-state index contributed by atoms with van der Waals surface area (Å²) in [5.41, 5.74) is 5.82. The van der Waals surface area contributed by atoms with Gasteiger partial charge in [0.05, 0.1) is 4.92 Å². The first kappa shape index (κ1) is 25.5. The quantitative estimate of drug-likeness (QED) is 0.229. The van der Waals surface area contributed by atoms with E-state index in [4.69, 9.17) is 23.2 Å². The Morgan fingerprint density at radius 3 is 2.51 bits per heavy atom. The van der Waals surface area contributed by atoms with Gasteiger partial charge in [-0.3, -0.25) is 10.1 Å². The number of hydrogen-bond acceptors (Lipinski definition) is 3. The Morgan fingerprint density at radius 2 is 1.86 bits per heavy atom. The lowest BCUT2D eigenvalue weighted by Crippen LogP contribution is -2.32. The van der Waals surface area contributed by atoms with Crippen LogP contribution in [0.5, 0.6) is 0 Å². The van der Waals surface area contributed by atoms with E-state index in [9.17, 15) is 10.1 Å². The van der Waals surface area contributed by atoms with Crippen LogP contribution in [0.3, 0.4) is 0 Å². The molecule has 0 radical (unpaired) electrons. The normalized spacial score (nSPS) is 18.5. The van der Waals surface area contributed by atoms with Gasteiger partial charge >= 0.3 is 0 Å². The molecule has 1 aliphatic heterocycles. The van der Waals surface area contributed by atoms with Crippen LogP contribution in [-0.2, 0) is 10.8 Å². The van der Waals surface area contributed by atoms with Crippen molar-refractivity contribution in [1.29, 1.82) is 0 Å². The molecule has 1 aliphatic carbocycles. The van der Waals surface area contributed by atoms with E-state index in [2.05, 4.69) is 44.5 Å². The second-order valence-corrected chi connectivity index (χ2v) is 11.1. The fourth-order valence-corrected chi connectivity index (χ4v) is 6.51. The van der Waals surface area contributed by atoms with Crippen LogP contribution in [0, 0.1) is 17.0 Å². The van der Waals surface area contributed by atoms with Gasteiger partial charge in [-0.05, 0) is 54.7 Å². The minimum atomic E-state index is -0.463. The maximum absolute atomic E-state index is 11.3. The minimum Gasteiger partial charge on any atom is -0.347 e. The highest BCUT2D eigenvalue weighted by atomic mass is 35.5. The fraction of sp³-hybridized carbons (Fsp3) is 0.379. The van der Waals surface area contributed by atoms with Crippen molar-refractivity contribution in [1.82, 2.24) is 0 Å². The molecule has 1 fully saturated rings. The molecule has 2 aromatic carbocycles. The SMILES string of the molecule is C=C(/C=C/C=C1/N(C)c2cc(Cl)cc(Cl)c2C12CCCCC2)C(C)(C)c1cc([N+](=O)[O-])ccc1C. The Morgan fingerprint density at radius 1 is 1.17 bits per heavy atom. The largest absolute Gasteiger partial charge is 0.347 e. The number of allylic oxidation sites excluding steroid dienone is 5. The molecule has 2 aromatic rings. The molecule has 1 spiro atoms. The van der Waals surface area contributed by atoms with Crippen LogP contribution >= 0.6 is 23.2 Å². The van der Waals surface area contributed by atoms with Gasteiger partial charge in [-0.1, -0.05) is 81.1 Å². The number of nitro benzene ring substituents is 1. The first-order chi connectivity index (χ1) is 16.5. The lowest BCUT2D eigenvalue weighted by molar-refractivity contribution is -0.385. The summed E-state index contributed by atoms with van der Waals surface area (Å²) in [6, 6.07) is 8.89. The zero-order valence-corrected chi connectivity index (χ0v) is 22.3. The number of rotatable bonds is 5. The molecule has 4 nitrogen and oxygen atoms in total. The summed E-state index contributed by atoms with van der Waals surface area (Å²) in [7, 11) is 2.08. The highest BCUT2D eigenvalue weighted by molar-refractivity contribution is 6.36. The van der Waals surface area contributed by atoms with Gasteiger partial charge in [0.2, 0.25) is 0 Å². The van der Waals surface area contributed by atoms with Crippen LogP contribution < -0.4 is 4.90 Å². The summed E-state index contributed by atoms with van der Waals surface area (Å²) >= 11 is 13.1. The van der Waals surface area contributed by atoms with Gasteiger partial charge in [-0.25, -0.2) is 0 Å². The predicted molar refractivity (Wildman–Crippen MR) is 147 cm³/mol. The predicted octanol–water partition coefficient (Wildman–Crippen LogP) is 8.84. The van der Waals surface area contributed by atoms with Crippen molar-refractivity contribution in [3.05, 3.63) is 103 Å². The lowest BCUT2D eigenvalue weighted by atomic mass is 9.68. The van der Waals surface area contributed by atoms with Gasteiger partial charge in [-0.2, -0.15) is 0 Å². The van der Waals surface area contributed by atoms with Gasteiger partial charge in [0.1, 0.15) is 0 Å². The molecule has 0 N–H and O–H groups in total. The number of nitrogens with zero attached hydrogens (tertiary/aromatic N) is 2. The van der Waals surface area contributed by atoms with E-state index >= 15 is 0 Å². The second-order valence-electron chi connectivity index (χ2n) is 10.3. The highest BCUT2D eigenvalue weighted by Gasteiger charge is 2.47. The molecule has 0 aromatic heterocycles. The molecule has 0 saturated heterocycles. The monoisotopic (exact) mass is 510 g/mol. The van der Waals surface area contributed by atoms with Crippen molar-refractivity contribution in [3.8, 4) is 0 Å². The Balaban J connectivity index is 1.69. The number of fused-ring (bicyclic) bond motifs is 2. The molecule has 0 amide bonds. The summed E-state index contributed by atoms with van der Waals surface area (Å²) in [4.78, 5) is 13.2. The fourth-order valence-electron chi connectivity index (χ4n) is 5.84. The third-order valence-electron chi connectivity index (χ3n) is 7.89. The zero-order valence-electron chi connectivity index (χ0n) is 20.8. The van der Waals surface area contributed by atoms with E-state index < -0.39 is 5.41 Å². The average molecular weight is 511 g/mol. The van der Waals surface area contributed by atoms with E-state index in [1.165, 1.54) is 30.5 Å². The molecular weight excluding hydrogens is 479 g/mol. The summed E-state index contributed by atoms with van der Waals surface area (Å²) in [6.45, 7) is 10.4. The highest BCUT2D eigenvalue weighted by Crippen LogP contribution is 2.57. The van der Waals surface area contributed by atoms with Gasteiger partial charge in [0.15, 0.2) is 0 Å². The third kappa shape index (κ3) is 4.43. The molecule has 4 rings (SSSR count). The Bertz CT molecular complexity index is 1250. The lowest BCUT2D eigenvalue weighted by Gasteiger charge is -2.36. The summed E-state index contributed by atoms with van der Waals surface area (Å²) in [5.74, 6) is 0. The summed E-state index contributed by atoms with van der Waals surface area (Å²) < 4.78 is 0. The van der Waals surface area contributed by atoms with Crippen LogP contribution in [0.15, 0.2) is 66.4 Å². The molecule has 35 heavy (non-hydrogen) atoms. The molecule has 6 heteroatoms. The van der Waals surface area contributed by atoms with E-state index in [1.54, 1.807) is 18.2 Å². The third-order valence-corrected chi connectivity index (χ3v) is 8.41. The number of non-ortho nitro benzene ring substituents is 1. The smallest absolute Gasteiger partial charge is 0.269 e. The van der Waals surface area contributed by atoms with Crippen molar-refractivity contribution in [2.75, 3.05) is 11.9 Å². The van der Waals surface area contributed by atoms with Gasteiger partial charge in [0.25, 0.3) is 5.69 Å². The van der Waals surface area contributed by atoms with Crippen molar-refractivity contribution in [2.45, 2.75) is 63.7 Å². The number of anilines is 1. The Labute approximate surface area is 218 Å². The van der Waals surface area contributed by atoms with E-state index in [0.29, 0.717) is 5.02 Å². The molecule has 184 valence electrons. The molecule has 2 aliphatic rings. The van der Waals surface area contributed by atoms with E-state index in [0.717, 1.165) is 40.3 Å². The number of aryl methyl sites for hydroxylation is 1. The standard InChI is InChI=1S/C29H32Cl2N2O2/c1-19-12-13-22(33(34)35)18-23(19)28(3,4)20(2)10-9-11-26-29(14-7-6-8-15-29)27-24(31)16-21(30)17-25(27)32(26)5/h9-13,16-18H,2,6-8,14-15H2,1,3-5H3/b10-9+,26-11+. The van der Waals surface area contributed by atoms with Crippen LogP contribution in [0.1, 0.15) is 62.6 Å². The van der Waals surface area contributed by atoms with Crippen LogP contribution in [-0.4, -0.2) is 12.0 Å². The summed E-state index contributed by atoms with van der Waals surface area (Å²) in [6.07, 6.45) is 11.9. The average Bonchev–Trinajstić information content (AvgIpc) is 3.01. The molecule has 0 bridgehead atoms. The van der Waals surface area contributed by atoms with Gasteiger partial charge < -0.3 is 4.90 Å². The molecule has 1 heterocycles. The second kappa shape index (κ2) is 9.48. The number of nitro groups is 1. The molecule has 0 unspecified atom stereocenters. The van der Waals surface area contributed by atoms with Crippen LogP contribution in [0.2, 0.25) is 10.0 Å². The van der Waals surface area contributed by atoms with Crippen LogP contribution in [0.25, 0.3) is 0 Å². The maximum atomic E-state index is 11.3. The van der Waals surface area contributed by atoms with E-state index in [1.807, 2.05) is 25.1 Å². The van der Waals surface area contributed by atoms with Gasteiger partial charge in [0, 0.05) is 57.0 Å². The maximum Gasteiger partial charge on any atom is 0.269 e. The molecule has 1 saturated carbocycles. The van der Waals surface area contributed by atoms with E-state index in [-0.39, 0.29) is 16.0 Å². The Hall–Kier alpha value is -2.56. The number of likely N-dealkylation sites (N-methyl/N-ethyl adjacent to an activating group) is 1. The minimum absolute atomic E-state index is 0.0951. The van der Waals surface area contributed by atoms with Crippen molar-refractivity contribution in [3.63, 3.8) is 0 Å².